The van der Waals surface area contributed by atoms with Gasteiger partial charge in [0, 0.05) is 18.5 Å². The number of benzene rings is 1. The molecular formula is C21H26N4O4. The lowest BCUT2D eigenvalue weighted by atomic mass is 9.85. The van der Waals surface area contributed by atoms with Crippen molar-refractivity contribution in [1.29, 1.82) is 0 Å². The number of aromatic nitrogens is 2. The summed E-state index contributed by atoms with van der Waals surface area (Å²) in [6.07, 6.45) is 4.56. The fourth-order valence-electron chi connectivity index (χ4n) is 4.47. The highest BCUT2D eigenvalue weighted by atomic mass is 16.3. The Bertz CT molecular complexity index is 965. The Hall–Kier alpha value is -2.74. The molecule has 2 aromatic rings. The van der Waals surface area contributed by atoms with Crippen LogP contribution in [0.3, 0.4) is 0 Å². The molecule has 8 nitrogen and oxygen atoms in total. The molecule has 3 N–H and O–H groups in total. The van der Waals surface area contributed by atoms with Crippen molar-refractivity contribution in [3.05, 3.63) is 40.3 Å². The zero-order chi connectivity index (χ0) is 20.4. The number of H-pyrrole nitrogens is 1. The topological polar surface area (TPSA) is 115 Å². The van der Waals surface area contributed by atoms with E-state index in [0.29, 0.717) is 36.7 Å². The van der Waals surface area contributed by atoms with E-state index in [4.69, 9.17) is 0 Å². The maximum absolute atomic E-state index is 12.8. The zero-order valence-corrected chi connectivity index (χ0v) is 16.3. The molecule has 2 amide bonds. The van der Waals surface area contributed by atoms with Crippen LogP contribution in [0.25, 0.3) is 11.0 Å². The molecule has 0 bridgehead atoms. The smallest absolute Gasteiger partial charge is 0.280 e. The first-order chi connectivity index (χ1) is 14.1. The molecule has 8 heteroatoms. The van der Waals surface area contributed by atoms with Gasteiger partial charge in [0.2, 0.25) is 5.91 Å². The summed E-state index contributed by atoms with van der Waals surface area (Å²) in [6.45, 7) is 0.738. The Morgan fingerprint density at radius 2 is 1.93 bits per heavy atom. The minimum atomic E-state index is -0.505. The first kappa shape index (κ1) is 19.6. The van der Waals surface area contributed by atoms with E-state index < -0.39 is 11.5 Å². The lowest BCUT2D eigenvalue weighted by Gasteiger charge is -2.32. The number of carbonyl (C=O) groups is 2. The predicted octanol–water partition coefficient (Wildman–Crippen LogP) is 1.19. The number of carbonyl (C=O) groups excluding carboxylic acids is 2. The lowest BCUT2D eigenvalue weighted by molar-refractivity contribution is -0.138. The maximum atomic E-state index is 12.8. The van der Waals surface area contributed by atoms with Crippen LogP contribution >= 0.6 is 0 Å². The van der Waals surface area contributed by atoms with Crippen LogP contribution in [0.1, 0.15) is 49.0 Å². The molecule has 154 valence electrons. The monoisotopic (exact) mass is 398 g/mol. The van der Waals surface area contributed by atoms with Gasteiger partial charge in [0.05, 0.1) is 23.7 Å². The van der Waals surface area contributed by atoms with Crippen molar-refractivity contribution >= 4 is 22.8 Å². The van der Waals surface area contributed by atoms with Crippen molar-refractivity contribution in [3.8, 4) is 0 Å². The Labute approximate surface area is 168 Å². The molecule has 0 spiro atoms. The predicted molar refractivity (Wildman–Crippen MR) is 107 cm³/mol. The van der Waals surface area contributed by atoms with Gasteiger partial charge >= 0.3 is 0 Å². The molecule has 0 radical (unpaired) electrons. The maximum Gasteiger partial charge on any atom is 0.280 e. The van der Waals surface area contributed by atoms with Crippen LogP contribution in [-0.4, -0.2) is 57.0 Å². The van der Waals surface area contributed by atoms with Crippen LogP contribution in [0, 0.1) is 5.92 Å². The van der Waals surface area contributed by atoms with Gasteiger partial charge in [-0.15, -0.1) is 0 Å². The number of aliphatic hydroxyl groups is 1. The second-order valence-electron chi connectivity index (χ2n) is 7.96. The summed E-state index contributed by atoms with van der Waals surface area (Å²) >= 11 is 0. The van der Waals surface area contributed by atoms with E-state index in [2.05, 4.69) is 15.3 Å². The number of hydrogen-bond donors (Lipinski definition) is 3. The number of rotatable bonds is 4. The van der Waals surface area contributed by atoms with Gasteiger partial charge in [0.1, 0.15) is 0 Å². The van der Waals surface area contributed by atoms with E-state index >= 15 is 0 Å². The summed E-state index contributed by atoms with van der Waals surface area (Å²) in [6, 6.07) is 6.96. The fraction of sp³-hybridized carbons (Fsp3) is 0.524. The van der Waals surface area contributed by atoms with Crippen molar-refractivity contribution < 1.29 is 14.7 Å². The Morgan fingerprint density at radius 1 is 1.17 bits per heavy atom. The first-order valence-corrected chi connectivity index (χ1v) is 10.3. The minimum Gasteiger partial charge on any atom is -0.394 e. The van der Waals surface area contributed by atoms with E-state index in [9.17, 15) is 19.5 Å². The Balaban J connectivity index is 1.36. The second-order valence-corrected chi connectivity index (χ2v) is 7.96. The van der Waals surface area contributed by atoms with Crippen molar-refractivity contribution in [2.45, 2.75) is 50.6 Å². The van der Waals surface area contributed by atoms with Gasteiger partial charge in [0.15, 0.2) is 5.69 Å². The van der Waals surface area contributed by atoms with Crippen LogP contribution < -0.4 is 10.9 Å². The van der Waals surface area contributed by atoms with Crippen LogP contribution in [-0.2, 0) is 4.79 Å². The van der Waals surface area contributed by atoms with Crippen molar-refractivity contribution in [3.63, 3.8) is 0 Å². The van der Waals surface area contributed by atoms with Crippen molar-refractivity contribution in [1.82, 2.24) is 20.2 Å². The molecule has 1 aliphatic heterocycles. The Morgan fingerprint density at radius 3 is 2.69 bits per heavy atom. The SMILES string of the molecule is O=C(NC1CCC(C(=O)N2CCC[C@H]2CO)CC1)c1nc2ccccc2[nH]c1=O. The molecule has 2 fully saturated rings. The second kappa shape index (κ2) is 8.32. The number of hydrogen-bond acceptors (Lipinski definition) is 5. The van der Waals surface area contributed by atoms with E-state index in [1.807, 2.05) is 4.90 Å². The fourth-order valence-corrected chi connectivity index (χ4v) is 4.47. The number of nitrogens with zero attached hydrogens (tertiary/aromatic N) is 2. The van der Waals surface area contributed by atoms with Gasteiger partial charge in [0.25, 0.3) is 11.5 Å². The molecule has 2 heterocycles. The normalized spacial score (nSPS) is 24.6. The summed E-state index contributed by atoms with van der Waals surface area (Å²) in [4.78, 5) is 46.3. The molecule has 1 saturated heterocycles. The van der Waals surface area contributed by atoms with Gasteiger partial charge in [-0.1, -0.05) is 12.1 Å². The van der Waals surface area contributed by atoms with Gasteiger partial charge in [-0.05, 0) is 50.7 Å². The molecule has 2 aliphatic rings. The number of amides is 2. The van der Waals surface area contributed by atoms with Gasteiger partial charge in [-0.2, -0.15) is 0 Å². The highest BCUT2D eigenvalue weighted by molar-refractivity contribution is 5.93. The molecule has 1 atom stereocenters. The average molecular weight is 398 g/mol. The summed E-state index contributed by atoms with van der Waals surface area (Å²) in [7, 11) is 0. The molecular weight excluding hydrogens is 372 g/mol. The highest BCUT2D eigenvalue weighted by Crippen LogP contribution is 2.29. The average Bonchev–Trinajstić information content (AvgIpc) is 3.22. The van der Waals surface area contributed by atoms with Gasteiger partial charge < -0.3 is 20.3 Å². The molecule has 4 rings (SSSR count). The van der Waals surface area contributed by atoms with Crippen molar-refractivity contribution in [2.24, 2.45) is 5.92 Å². The van der Waals surface area contributed by atoms with Crippen molar-refractivity contribution in [2.75, 3.05) is 13.2 Å². The number of aliphatic hydroxyl groups excluding tert-OH is 1. The minimum absolute atomic E-state index is 0.0183. The van der Waals surface area contributed by atoms with Crippen LogP contribution in [0.2, 0.25) is 0 Å². The number of aromatic amines is 1. The third-order valence-electron chi connectivity index (χ3n) is 6.10. The van der Waals surface area contributed by atoms with Crippen LogP contribution in [0.4, 0.5) is 0 Å². The first-order valence-electron chi connectivity index (χ1n) is 10.3. The summed E-state index contributed by atoms with van der Waals surface area (Å²) in [5.74, 6) is -0.414. The van der Waals surface area contributed by atoms with Crippen LogP contribution in [0.15, 0.2) is 29.1 Å². The third-order valence-corrected chi connectivity index (χ3v) is 6.10. The van der Waals surface area contributed by atoms with E-state index in [1.165, 1.54) is 0 Å². The molecule has 29 heavy (non-hydrogen) atoms. The number of para-hydroxylation sites is 2. The van der Waals surface area contributed by atoms with Crippen LogP contribution in [0.5, 0.6) is 0 Å². The van der Waals surface area contributed by atoms with Gasteiger partial charge in [-0.3, -0.25) is 14.4 Å². The largest absolute Gasteiger partial charge is 0.394 e. The number of nitrogens with one attached hydrogen (secondary N) is 2. The van der Waals surface area contributed by atoms with E-state index in [0.717, 1.165) is 19.4 Å². The number of likely N-dealkylation sites (tertiary alicyclic amines) is 1. The Kier molecular flexibility index (Phi) is 5.62. The lowest BCUT2D eigenvalue weighted by Crippen LogP contribution is -2.45. The molecule has 1 aliphatic carbocycles. The number of fused-ring (bicyclic) bond motifs is 1. The quantitative estimate of drug-likeness (QED) is 0.716. The van der Waals surface area contributed by atoms with E-state index in [-0.39, 0.29) is 36.2 Å². The zero-order valence-electron chi connectivity index (χ0n) is 16.3. The summed E-state index contributed by atoms with van der Waals surface area (Å²) in [5.41, 5.74) is 0.519. The molecule has 1 saturated carbocycles. The standard InChI is InChI=1S/C21H26N4O4/c26-12-15-4-3-11-25(15)21(29)13-7-9-14(10-8-13)22-19(27)18-20(28)24-17-6-2-1-5-16(17)23-18/h1-2,5-6,13-15,26H,3-4,7-12H2,(H,22,27)(H,24,28)/t13?,14?,15-/m0/s1. The summed E-state index contributed by atoms with van der Waals surface area (Å²) in [5, 5.41) is 12.3. The molecule has 1 aromatic carbocycles. The third kappa shape index (κ3) is 4.03. The summed E-state index contributed by atoms with van der Waals surface area (Å²) < 4.78 is 0. The van der Waals surface area contributed by atoms with E-state index in [1.54, 1.807) is 24.3 Å². The molecule has 0 unspecified atom stereocenters. The molecule has 1 aromatic heterocycles. The van der Waals surface area contributed by atoms with Gasteiger partial charge in [-0.25, -0.2) is 4.98 Å². The highest BCUT2D eigenvalue weighted by Gasteiger charge is 2.35.